The van der Waals surface area contributed by atoms with Gasteiger partial charge in [-0.25, -0.2) is 8.42 Å². The molecule has 6 nitrogen and oxygen atoms in total. The van der Waals surface area contributed by atoms with Crippen molar-refractivity contribution in [3.63, 3.8) is 0 Å². The fraction of sp³-hybridized carbons (Fsp3) is 0.296. The minimum absolute atomic E-state index is 0.110. The largest absolute Gasteiger partial charge is 0.350 e. The number of sulfonamides is 1. The second kappa shape index (κ2) is 11.2. The molecular weight excluding hydrogens is 482 g/mol. The molecule has 0 aromatic heterocycles. The van der Waals surface area contributed by atoms with Crippen molar-refractivity contribution in [3.05, 3.63) is 94.5 Å². The summed E-state index contributed by atoms with van der Waals surface area (Å²) < 4.78 is 28.0. The van der Waals surface area contributed by atoms with Gasteiger partial charge in [0.1, 0.15) is 6.54 Å². The Morgan fingerprint density at radius 1 is 0.971 bits per heavy atom. The van der Waals surface area contributed by atoms with E-state index < -0.39 is 15.9 Å². The van der Waals surface area contributed by atoms with Crippen LogP contribution in [0.5, 0.6) is 0 Å². The number of halogens is 1. The van der Waals surface area contributed by atoms with Crippen LogP contribution < -0.4 is 9.62 Å². The molecule has 0 radical (unpaired) electrons. The van der Waals surface area contributed by atoms with Crippen molar-refractivity contribution < 1.29 is 13.2 Å². The van der Waals surface area contributed by atoms with Crippen LogP contribution in [0.2, 0.25) is 5.02 Å². The minimum Gasteiger partial charge on any atom is -0.350 e. The third-order valence-corrected chi connectivity index (χ3v) is 8.34. The van der Waals surface area contributed by atoms with Crippen LogP contribution in [0, 0.1) is 6.92 Å². The Hall–Kier alpha value is -2.87. The van der Waals surface area contributed by atoms with Gasteiger partial charge in [-0.05, 0) is 73.8 Å². The lowest BCUT2D eigenvalue weighted by atomic mass is 10.1. The Kier molecular flexibility index (Phi) is 8.11. The van der Waals surface area contributed by atoms with Gasteiger partial charge in [0.2, 0.25) is 5.91 Å². The van der Waals surface area contributed by atoms with E-state index in [1.165, 1.54) is 30.5 Å². The van der Waals surface area contributed by atoms with E-state index in [4.69, 9.17) is 11.6 Å². The lowest BCUT2D eigenvalue weighted by Gasteiger charge is -2.24. The van der Waals surface area contributed by atoms with Crippen LogP contribution in [0.15, 0.2) is 77.7 Å². The second-order valence-electron chi connectivity index (χ2n) is 8.84. The Balaban J connectivity index is 1.49. The zero-order valence-corrected chi connectivity index (χ0v) is 21.4. The molecule has 0 spiro atoms. The van der Waals surface area contributed by atoms with Crippen molar-refractivity contribution in [2.24, 2.45) is 0 Å². The summed E-state index contributed by atoms with van der Waals surface area (Å²) >= 11 is 6.28. The van der Waals surface area contributed by atoms with Gasteiger partial charge < -0.3 is 5.32 Å². The van der Waals surface area contributed by atoms with Crippen LogP contribution in [0.25, 0.3) is 0 Å². The van der Waals surface area contributed by atoms with Crippen molar-refractivity contribution in [2.45, 2.75) is 37.8 Å². The summed E-state index contributed by atoms with van der Waals surface area (Å²) in [5, 5.41) is 3.31. The lowest BCUT2D eigenvalue weighted by Crippen LogP contribution is -2.40. The highest BCUT2D eigenvalue weighted by molar-refractivity contribution is 7.92. The SMILES string of the molecule is Cc1ccc(N(CC(=O)NCc2cccc(CN3CCCC3)c2)S(=O)(=O)c2ccccc2)cc1Cl. The predicted molar refractivity (Wildman–Crippen MR) is 140 cm³/mol. The highest BCUT2D eigenvalue weighted by atomic mass is 35.5. The summed E-state index contributed by atoms with van der Waals surface area (Å²) in [7, 11) is -3.97. The highest BCUT2D eigenvalue weighted by Gasteiger charge is 2.27. The number of likely N-dealkylation sites (tertiary alicyclic amines) is 1. The van der Waals surface area contributed by atoms with Crippen LogP contribution in [-0.2, 0) is 27.9 Å². The van der Waals surface area contributed by atoms with Crippen molar-refractivity contribution in [1.29, 1.82) is 0 Å². The van der Waals surface area contributed by atoms with Crippen LogP contribution in [0.4, 0.5) is 5.69 Å². The molecule has 0 bridgehead atoms. The fourth-order valence-corrected chi connectivity index (χ4v) is 5.80. The molecule has 3 aromatic carbocycles. The topological polar surface area (TPSA) is 69.7 Å². The van der Waals surface area contributed by atoms with Gasteiger partial charge in [-0.3, -0.25) is 14.0 Å². The van der Waals surface area contributed by atoms with E-state index in [2.05, 4.69) is 22.3 Å². The fourth-order valence-electron chi connectivity index (χ4n) is 4.20. The lowest BCUT2D eigenvalue weighted by molar-refractivity contribution is -0.119. The first-order chi connectivity index (χ1) is 16.8. The van der Waals surface area contributed by atoms with Crippen molar-refractivity contribution in [3.8, 4) is 0 Å². The van der Waals surface area contributed by atoms with Crippen molar-refractivity contribution in [1.82, 2.24) is 10.2 Å². The zero-order chi connectivity index (χ0) is 24.8. The molecule has 8 heteroatoms. The first kappa shape index (κ1) is 25.2. The Morgan fingerprint density at radius 2 is 1.69 bits per heavy atom. The van der Waals surface area contributed by atoms with Gasteiger partial charge >= 0.3 is 0 Å². The summed E-state index contributed by atoms with van der Waals surface area (Å²) in [5.41, 5.74) is 3.35. The van der Waals surface area contributed by atoms with E-state index in [0.717, 1.165) is 35.1 Å². The number of hydrogen-bond acceptors (Lipinski definition) is 4. The first-order valence-corrected chi connectivity index (χ1v) is 13.6. The first-order valence-electron chi connectivity index (χ1n) is 11.7. The average Bonchev–Trinajstić information content (AvgIpc) is 3.37. The number of benzene rings is 3. The number of nitrogens with zero attached hydrogens (tertiary/aromatic N) is 2. The van der Waals surface area contributed by atoms with Gasteiger partial charge in [0.25, 0.3) is 10.0 Å². The number of aryl methyl sites for hydroxylation is 1. The Labute approximate surface area is 212 Å². The maximum Gasteiger partial charge on any atom is 0.264 e. The Morgan fingerprint density at radius 3 is 2.40 bits per heavy atom. The van der Waals surface area contributed by atoms with Crippen LogP contribution in [-0.4, -0.2) is 38.9 Å². The quantitative estimate of drug-likeness (QED) is 0.450. The van der Waals surface area contributed by atoms with Gasteiger partial charge in [-0.2, -0.15) is 0 Å². The predicted octanol–water partition coefficient (Wildman–Crippen LogP) is 4.76. The van der Waals surface area contributed by atoms with Gasteiger partial charge in [0, 0.05) is 18.1 Å². The number of hydrogen-bond donors (Lipinski definition) is 1. The van der Waals surface area contributed by atoms with E-state index in [-0.39, 0.29) is 11.4 Å². The van der Waals surface area contributed by atoms with Crippen LogP contribution >= 0.6 is 11.6 Å². The molecule has 1 saturated heterocycles. The zero-order valence-electron chi connectivity index (χ0n) is 19.8. The summed E-state index contributed by atoms with van der Waals surface area (Å²) in [5.74, 6) is -0.397. The molecule has 35 heavy (non-hydrogen) atoms. The summed E-state index contributed by atoms with van der Waals surface area (Å²) in [6.45, 7) is 4.95. The Bertz CT molecular complexity index is 1280. The average molecular weight is 512 g/mol. The van der Waals surface area contributed by atoms with E-state index in [0.29, 0.717) is 17.3 Å². The third kappa shape index (κ3) is 6.42. The molecule has 0 saturated carbocycles. The van der Waals surface area contributed by atoms with Crippen LogP contribution in [0.1, 0.15) is 29.5 Å². The number of anilines is 1. The standard InChI is InChI=1S/C27H30ClN3O3S/c1-21-12-13-24(17-26(21)28)31(35(33,34)25-10-3-2-4-11-25)20-27(32)29-18-22-8-7-9-23(16-22)19-30-14-5-6-15-30/h2-4,7-13,16-17H,5-6,14-15,18-20H2,1H3,(H,29,32). The second-order valence-corrected chi connectivity index (χ2v) is 11.1. The molecule has 0 unspecified atom stereocenters. The van der Waals surface area contributed by atoms with Crippen molar-refractivity contribution in [2.75, 3.05) is 23.9 Å². The molecule has 1 amide bonds. The van der Waals surface area contributed by atoms with Crippen molar-refractivity contribution >= 4 is 33.2 Å². The highest BCUT2D eigenvalue weighted by Crippen LogP contribution is 2.28. The molecule has 4 rings (SSSR count). The maximum absolute atomic E-state index is 13.4. The smallest absolute Gasteiger partial charge is 0.264 e. The molecular formula is C27H30ClN3O3S. The molecule has 1 fully saturated rings. The monoisotopic (exact) mass is 511 g/mol. The normalized spacial score (nSPS) is 14.1. The molecule has 1 heterocycles. The number of nitrogens with one attached hydrogen (secondary N) is 1. The van der Waals surface area contributed by atoms with Gasteiger partial charge in [0.05, 0.1) is 10.6 Å². The van der Waals surface area contributed by atoms with E-state index in [1.807, 2.05) is 19.1 Å². The number of amides is 1. The molecule has 1 aliphatic heterocycles. The molecule has 1 aliphatic rings. The minimum atomic E-state index is -3.97. The molecule has 0 atom stereocenters. The van der Waals surface area contributed by atoms with Gasteiger partial charge in [0.15, 0.2) is 0 Å². The third-order valence-electron chi connectivity index (χ3n) is 6.15. The molecule has 184 valence electrons. The summed E-state index contributed by atoms with van der Waals surface area (Å²) in [6, 6.07) is 21.2. The van der Waals surface area contributed by atoms with E-state index in [9.17, 15) is 13.2 Å². The maximum atomic E-state index is 13.4. The number of rotatable bonds is 9. The van der Waals surface area contributed by atoms with Gasteiger partial charge in [-0.1, -0.05) is 60.1 Å². The van der Waals surface area contributed by atoms with Gasteiger partial charge in [-0.15, -0.1) is 0 Å². The van der Waals surface area contributed by atoms with E-state index in [1.54, 1.807) is 36.4 Å². The number of carbonyl (C=O) groups is 1. The molecule has 0 aliphatic carbocycles. The summed E-state index contributed by atoms with van der Waals surface area (Å²) in [4.78, 5) is 15.5. The number of carbonyl (C=O) groups excluding carboxylic acids is 1. The summed E-state index contributed by atoms with van der Waals surface area (Å²) in [6.07, 6.45) is 2.48. The molecule has 1 N–H and O–H groups in total. The van der Waals surface area contributed by atoms with Crippen LogP contribution in [0.3, 0.4) is 0 Å². The van der Waals surface area contributed by atoms with E-state index >= 15 is 0 Å². The molecule has 3 aromatic rings.